The van der Waals surface area contributed by atoms with Gasteiger partial charge in [0.05, 0.1) is 12.2 Å². The van der Waals surface area contributed by atoms with Crippen LogP contribution in [0.1, 0.15) is 46.5 Å². The monoisotopic (exact) mass is 266 g/mol. The number of hydrogen-bond donors (Lipinski definition) is 0. The summed E-state index contributed by atoms with van der Waals surface area (Å²) in [4.78, 5) is 35.2. The van der Waals surface area contributed by atoms with E-state index in [-0.39, 0.29) is 29.7 Å². The molecule has 1 fully saturated rings. The van der Waals surface area contributed by atoms with Crippen molar-refractivity contribution in [1.82, 2.24) is 0 Å². The average molecular weight is 266 g/mol. The maximum absolute atomic E-state index is 12.3. The van der Waals surface area contributed by atoms with Gasteiger partial charge in [0.1, 0.15) is 0 Å². The molecule has 0 amide bonds. The van der Waals surface area contributed by atoms with Gasteiger partial charge in [-0.3, -0.25) is 9.59 Å². The zero-order valence-electron chi connectivity index (χ0n) is 11.9. The van der Waals surface area contributed by atoms with E-state index in [4.69, 9.17) is 4.74 Å². The minimum atomic E-state index is -0.620. The maximum atomic E-state index is 12.3. The average Bonchev–Trinajstić information content (AvgIpc) is 2.36. The fraction of sp³-hybridized carbons (Fsp3) is 0.667. The van der Waals surface area contributed by atoms with Crippen molar-refractivity contribution in [3.8, 4) is 0 Å². The van der Waals surface area contributed by atoms with Gasteiger partial charge in [0.25, 0.3) is 0 Å². The smallest absolute Gasteiger partial charge is 0.331 e. The third-order valence-corrected chi connectivity index (χ3v) is 3.58. The second-order valence-electron chi connectivity index (χ2n) is 5.19. The van der Waals surface area contributed by atoms with E-state index < -0.39 is 5.97 Å². The van der Waals surface area contributed by atoms with E-state index in [1.54, 1.807) is 6.92 Å². The van der Waals surface area contributed by atoms with Gasteiger partial charge in [-0.15, -0.1) is 0 Å². The van der Waals surface area contributed by atoms with Crippen LogP contribution in [0.3, 0.4) is 0 Å². The molecule has 0 N–H and O–H groups in total. The molecule has 106 valence electrons. The Morgan fingerprint density at radius 3 is 2.21 bits per heavy atom. The molecule has 0 bridgehead atoms. The first kappa shape index (κ1) is 15.6. The summed E-state index contributed by atoms with van der Waals surface area (Å²) in [5, 5.41) is 0. The first-order valence-electron chi connectivity index (χ1n) is 6.89. The summed E-state index contributed by atoms with van der Waals surface area (Å²) >= 11 is 0. The summed E-state index contributed by atoms with van der Waals surface area (Å²) in [6, 6.07) is 0. The molecule has 1 rings (SSSR count). The fourth-order valence-electron chi connectivity index (χ4n) is 2.39. The van der Waals surface area contributed by atoms with E-state index >= 15 is 0 Å². The van der Waals surface area contributed by atoms with Gasteiger partial charge in [0, 0.05) is 12.0 Å². The van der Waals surface area contributed by atoms with Crippen molar-refractivity contribution in [2.45, 2.75) is 46.5 Å². The Bertz CT molecular complexity index is 387. The van der Waals surface area contributed by atoms with Crippen molar-refractivity contribution in [3.05, 3.63) is 11.6 Å². The Labute approximate surface area is 114 Å². The molecule has 4 heteroatoms. The van der Waals surface area contributed by atoms with E-state index in [1.807, 2.05) is 0 Å². The highest BCUT2D eigenvalue weighted by molar-refractivity contribution is 6.22. The van der Waals surface area contributed by atoms with Crippen molar-refractivity contribution >= 4 is 17.5 Å². The Morgan fingerprint density at radius 2 is 1.74 bits per heavy atom. The normalized spacial score (nSPS) is 23.8. The van der Waals surface area contributed by atoms with E-state index in [9.17, 15) is 14.4 Å². The second-order valence-corrected chi connectivity index (χ2v) is 5.19. The minimum Gasteiger partial charge on any atom is -0.463 e. The summed E-state index contributed by atoms with van der Waals surface area (Å²) < 4.78 is 4.76. The van der Waals surface area contributed by atoms with Gasteiger partial charge in [-0.2, -0.15) is 0 Å². The Balaban J connectivity index is 2.79. The van der Waals surface area contributed by atoms with Crippen LogP contribution in [-0.4, -0.2) is 24.1 Å². The summed E-state index contributed by atoms with van der Waals surface area (Å²) in [5.74, 6) is -0.672. The molecular formula is C15H22O4. The van der Waals surface area contributed by atoms with Crippen LogP contribution in [0.25, 0.3) is 0 Å². The van der Waals surface area contributed by atoms with Gasteiger partial charge in [0.15, 0.2) is 11.6 Å². The largest absolute Gasteiger partial charge is 0.463 e. The SMILES string of the molecule is CCOC(=O)C=C(C(C)=O)C(=O)C1CCC(C)CC1. The predicted octanol–water partition coefficient (Wildman–Crippen LogP) is 2.46. The van der Waals surface area contributed by atoms with Crippen molar-refractivity contribution in [2.75, 3.05) is 6.61 Å². The lowest BCUT2D eigenvalue weighted by Crippen LogP contribution is -2.25. The standard InChI is InChI=1S/C15H22O4/c1-4-19-14(17)9-13(11(3)16)15(18)12-7-5-10(2)6-8-12/h9-10,12H,4-8H2,1-3H3. The molecule has 0 aromatic rings. The zero-order chi connectivity index (χ0) is 14.4. The molecule has 1 aliphatic carbocycles. The minimum absolute atomic E-state index is 0.0157. The van der Waals surface area contributed by atoms with Crippen LogP contribution in [-0.2, 0) is 19.1 Å². The zero-order valence-corrected chi connectivity index (χ0v) is 11.9. The van der Waals surface area contributed by atoms with Crippen LogP contribution >= 0.6 is 0 Å². The maximum Gasteiger partial charge on any atom is 0.331 e. The van der Waals surface area contributed by atoms with Gasteiger partial charge in [-0.1, -0.05) is 19.8 Å². The van der Waals surface area contributed by atoms with E-state index in [0.29, 0.717) is 5.92 Å². The number of hydrogen-bond acceptors (Lipinski definition) is 4. The first-order valence-corrected chi connectivity index (χ1v) is 6.89. The number of ether oxygens (including phenoxy) is 1. The number of allylic oxidation sites excluding steroid dienone is 1. The van der Waals surface area contributed by atoms with Crippen molar-refractivity contribution in [1.29, 1.82) is 0 Å². The summed E-state index contributed by atoms with van der Waals surface area (Å²) in [6.07, 6.45) is 4.65. The second kappa shape index (κ2) is 7.22. The van der Waals surface area contributed by atoms with E-state index in [0.717, 1.165) is 31.8 Å². The molecule has 0 radical (unpaired) electrons. The molecule has 0 aromatic carbocycles. The van der Waals surface area contributed by atoms with Crippen LogP contribution in [0.5, 0.6) is 0 Å². The Morgan fingerprint density at radius 1 is 1.16 bits per heavy atom. The molecule has 0 aliphatic heterocycles. The van der Waals surface area contributed by atoms with Crippen LogP contribution in [0, 0.1) is 11.8 Å². The third kappa shape index (κ3) is 4.62. The first-order chi connectivity index (χ1) is 8.95. The number of carbonyl (C=O) groups is 3. The number of ketones is 2. The molecule has 0 unspecified atom stereocenters. The lowest BCUT2D eigenvalue weighted by atomic mass is 9.79. The van der Waals surface area contributed by atoms with Crippen molar-refractivity contribution < 1.29 is 19.1 Å². The van der Waals surface area contributed by atoms with Gasteiger partial charge in [-0.05, 0) is 32.6 Å². The van der Waals surface area contributed by atoms with E-state index in [2.05, 4.69) is 6.92 Å². The van der Waals surface area contributed by atoms with Crippen LogP contribution in [0.2, 0.25) is 0 Å². The van der Waals surface area contributed by atoms with Crippen molar-refractivity contribution in [3.63, 3.8) is 0 Å². The molecule has 1 aliphatic rings. The number of carbonyl (C=O) groups excluding carboxylic acids is 3. The molecule has 0 atom stereocenters. The van der Waals surface area contributed by atoms with Crippen LogP contribution in [0.15, 0.2) is 11.6 Å². The highest BCUT2D eigenvalue weighted by atomic mass is 16.5. The summed E-state index contributed by atoms with van der Waals surface area (Å²) in [6.45, 7) is 5.40. The fourth-order valence-corrected chi connectivity index (χ4v) is 2.39. The van der Waals surface area contributed by atoms with E-state index in [1.165, 1.54) is 6.92 Å². The topological polar surface area (TPSA) is 60.4 Å². The number of rotatable bonds is 5. The quantitative estimate of drug-likeness (QED) is 0.332. The molecule has 4 nitrogen and oxygen atoms in total. The van der Waals surface area contributed by atoms with Gasteiger partial charge in [-0.25, -0.2) is 4.79 Å². The third-order valence-electron chi connectivity index (χ3n) is 3.58. The van der Waals surface area contributed by atoms with Crippen molar-refractivity contribution in [2.24, 2.45) is 11.8 Å². The van der Waals surface area contributed by atoms with Gasteiger partial charge in [0.2, 0.25) is 0 Å². The molecule has 0 saturated heterocycles. The van der Waals surface area contributed by atoms with Gasteiger partial charge < -0.3 is 4.74 Å². The van der Waals surface area contributed by atoms with Crippen LogP contribution < -0.4 is 0 Å². The Kier molecular flexibility index (Phi) is 5.93. The van der Waals surface area contributed by atoms with Gasteiger partial charge >= 0.3 is 5.97 Å². The molecule has 0 aromatic heterocycles. The predicted molar refractivity (Wildman–Crippen MR) is 71.5 cm³/mol. The molecule has 19 heavy (non-hydrogen) atoms. The van der Waals surface area contributed by atoms with Crippen LogP contribution in [0.4, 0.5) is 0 Å². The molecule has 1 saturated carbocycles. The molecular weight excluding hydrogens is 244 g/mol. The number of Topliss-reactive ketones (excluding diaryl/α,β-unsaturated/α-hetero) is 2. The molecule has 0 spiro atoms. The highest BCUT2D eigenvalue weighted by Crippen LogP contribution is 2.30. The lowest BCUT2D eigenvalue weighted by molar-refractivity contribution is -0.138. The lowest BCUT2D eigenvalue weighted by Gasteiger charge is -2.25. The summed E-state index contributed by atoms with van der Waals surface area (Å²) in [7, 11) is 0. The highest BCUT2D eigenvalue weighted by Gasteiger charge is 2.28. The Hall–Kier alpha value is -1.45. The summed E-state index contributed by atoms with van der Waals surface area (Å²) in [5.41, 5.74) is -0.0157. The number of esters is 1. The molecule has 0 heterocycles.